The fourth-order valence-corrected chi connectivity index (χ4v) is 5.41. The van der Waals surface area contributed by atoms with Crippen molar-refractivity contribution in [1.82, 2.24) is 13.5 Å². The second-order valence-corrected chi connectivity index (χ2v) is 9.38. The first-order chi connectivity index (χ1) is 13.1. The summed E-state index contributed by atoms with van der Waals surface area (Å²) in [6, 6.07) is 5.11. The summed E-state index contributed by atoms with van der Waals surface area (Å²) in [7, 11) is -3.53. The monoisotopic (exact) mass is 421 g/mol. The average molecular weight is 421 g/mol. The van der Waals surface area contributed by atoms with E-state index < -0.39 is 21.9 Å². The lowest BCUT2D eigenvalue weighted by molar-refractivity contribution is -0.137. The van der Waals surface area contributed by atoms with Crippen LogP contribution in [-0.4, -0.2) is 73.4 Å². The van der Waals surface area contributed by atoms with Gasteiger partial charge in [0.25, 0.3) is 10.2 Å². The largest absolute Gasteiger partial charge is 0.416 e. The van der Waals surface area contributed by atoms with Gasteiger partial charge in [-0.3, -0.25) is 4.90 Å². The van der Waals surface area contributed by atoms with Crippen molar-refractivity contribution in [3.05, 3.63) is 35.4 Å². The Balaban J connectivity index is 1.55. The SMILES string of the molecule is C[C@@H]1CN(S(=O)(=O)N2CCN(Cc3ccc(C(F)(F)F)cc3)CC2)C[C@H](C)O1. The highest BCUT2D eigenvalue weighted by molar-refractivity contribution is 7.86. The quantitative estimate of drug-likeness (QED) is 0.748. The minimum Gasteiger partial charge on any atom is -0.373 e. The van der Waals surface area contributed by atoms with Crippen molar-refractivity contribution < 1.29 is 26.3 Å². The Morgan fingerprint density at radius 3 is 2.00 bits per heavy atom. The van der Waals surface area contributed by atoms with Crippen LogP contribution < -0.4 is 0 Å². The Morgan fingerprint density at radius 2 is 1.50 bits per heavy atom. The van der Waals surface area contributed by atoms with Crippen molar-refractivity contribution in [1.29, 1.82) is 0 Å². The molecule has 10 heteroatoms. The second kappa shape index (κ2) is 8.27. The molecule has 0 aromatic heterocycles. The molecule has 3 rings (SSSR count). The molecule has 0 spiro atoms. The van der Waals surface area contributed by atoms with Gasteiger partial charge in [0.05, 0.1) is 17.8 Å². The normalized spacial score (nSPS) is 26.5. The van der Waals surface area contributed by atoms with Gasteiger partial charge in [-0.15, -0.1) is 0 Å². The number of ether oxygens (including phenoxy) is 1. The molecule has 1 aromatic carbocycles. The van der Waals surface area contributed by atoms with E-state index in [9.17, 15) is 21.6 Å². The first-order valence-electron chi connectivity index (χ1n) is 9.35. The zero-order valence-electron chi connectivity index (χ0n) is 16.0. The zero-order valence-corrected chi connectivity index (χ0v) is 16.8. The van der Waals surface area contributed by atoms with Crippen LogP contribution in [0.25, 0.3) is 0 Å². The minimum atomic E-state index is -4.34. The summed E-state index contributed by atoms with van der Waals surface area (Å²) < 4.78 is 72.3. The maximum Gasteiger partial charge on any atom is 0.416 e. The molecule has 0 radical (unpaired) electrons. The van der Waals surface area contributed by atoms with E-state index in [1.165, 1.54) is 20.7 Å². The van der Waals surface area contributed by atoms with E-state index >= 15 is 0 Å². The Hall–Kier alpha value is -1.20. The molecule has 0 bridgehead atoms. The standard InChI is InChI=1S/C18H26F3N3O3S/c1-14-11-24(12-15(2)27-14)28(25,26)23-9-7-22(8-10-23)13-16-3-5-17(6-4-16)18(19,20)21/h3-6,14-15H,7-13H2,1-2H3/t14-,15+. The van der Waals surface area contributed by atoms with E-state index in [0.717, 1.165) is 17.7 Å². The molecular weight excluding hydrogens is 395 g/mol. The molecule has 2 heterocycles. The van der Waals surface area contributed by atoms with E-state index in [4.69, 9.17) is 4.74 Å². The number of halogens is 3. The fraction of sp³-hybridized carbons (Fsp3) is 0.667. The maximum atomic E-state index is 12.9. The van der Waals surface area contributed by atoms with Crippen molar-refractivity contribution in [3.8, 4) is 0 Å². The van der Waals surface area contributed by atoms with Crippen LogP contribution in [-0.2, 0) is 27.7 Å². The number of rotatable bonds is 4. The first kappa shape index (κ1) is 21.5. The number of nitrogens with zero attached hydrogens (tertiary/aromatic N) is 3. The molecule has 158 valence electrons. The Bertz CT molecular complexity index is 753. The summed E-state index contributed by atoms with van der Waals surface area (Å²) in [4.78, 5) is 2.05. The summed E-state index contributed by atoms with van der Waals surface area (Å²) in [6.07, 6.45) is -4.62. The number of hydrogen-bond donors (Lipinski definition) is 0. The molecule has 0 N–H and O–H groups in total. The number of hydrogen-bond acceptors (Lipinski definition) is 4. The van der Waals surface area contributed by atoms with Crippen LogP contribution in [0.3, 0.4) is 0 Å². The molecule has 6 nitrogen and oxygen atoms in total. The average Bonchev–Trinajstić information content (AvgIpc) is 2.61. The van der Waals surface area contributed by atoms with Crippen LogP contribution >= 0.6 is 0 Å². The number of alkyl halides is 3. The molecule has 2 fully saturated rings. The van der Waals surface area contributed by atoms with Crippen molar-refractivity contribution in [3.63, 3.8) is 0 Å². The minimum absolute atomic E-state index is 0.139. The summed E-state index contributed by atoms with van der Waals surface area (Å²) in [5, 5.41) is 0. The lowest BCUT2D eigenvalue weighted by atomic mass is 10.1. The van der Waals surface area contributed by atoms with Gasteiger partial charge in [-0.1, -0.05) is 12.1 Å². The Labute approximate surface area is 164 Å². The van der Waals surface area contributed by atoms with E-state index in [-0.39, 0.29) is 12.2 Å². The van der Waals surface area contributed by atoms with Gasteiger partial charge in [0.15, 0.2) is 0 Å². The predicted octanol–water partition coefficient (Wildman–Crippen LogP) is 2.18. The third-order valence-electron chi connectivity index (χ3n) is 5.06. The van der Waals surface area contributed by atoms with Crippen LogP contribution in [0, 0.1) is 0 Å². The van der Waals surface area contributed by atoms with Crippen LogP contribution in [0.1, 0.15) is 25.0 Å². The molecule has 0 unspecified atom stereocenters. The van der Waals surface area contributed by atoms with Gasteiger partial charge in [0, 0.05) is 45.8 Å². The number of piperazine rings is 1. The molecule has 0 aliphatic carbocycles. The highest BCUT2D eigenvalue weighted by Gasteiger charge is 2.36. The van der Waals surface area contributed by atoms with Crippen LogP contribution in [0.15, 0.2) is 24.3 Å². The van der Waals surface area contributed by atoms with Gasteiger partial charge < -0.3 is 4.74 Å². The molecule has 0 amide bonds. The highest BCUT2D eigenvalue weighted by Crippen LogP contribution is 2.29. The second-order valence-electron chi connectivity index (χ2n) is 7.45. The van der Waals surface area contributed by atoms with E-state index in [1.54, 1.807) is 0 Å². The topological polar surface area (TPSA) is 53.1 Å². The molecule has 2 saturated heterocycles. The van der Waals surface area contributed by atoms with Crippen LogP contribution in [0.4, 0.5) is 13.2 Å². The summed E-state index contributed by atoms with van der Waals surface area (Å²) >= 11 is 0. The molecule has 1 aromatic rings. The molecular formula is C18H26F3N3O3S. The third kappa shape index (κ3) is 5.04. The predicted molar refractivity (Wildman–Crippen MR) is 98.8 cm³/mol. The lowest BCUT2D eigenvalue weighted by Crippen LogP contribution is -2.57. The molecule has 2 atom stereocenters. The van der Waals surface area contributed by atoms with Crippen LogP contribution in [0.5, 0.6) is 0 Å². The van der Waals surface area contributed by atoms with E-state index in [0.29, 0.717) is 45.8 Å². The lowest BCUT2D eigenvalue weighted by Gasteiger charge is -2.40. The van der Waals surface area contributed by atoms with Crippen molar-refractivity contribution in [2.75, 3.05) is 39.3 Å². The van der Waals surface area contributed by atoms with Crippen molar-refractivity contribution >= 4 is 10.2 Å². The Kier molecular flexibility index (Phi) is 6.35. The molecule has 2 aliphatic heterocycles. The van der Waals surface area contributed by atoms with Crippen molar-refractivity contribution in [2.24, 2.45) is 0 Å². The van der Waals surface area contributed by atoms with Crippen molar-refractivity contribution in [2.45, 2.75) is 38.8 Å². The summed E-state index contributed by atoms with van der Waals surface area (Å²) in [6.45, 7) is 6.71. The van der Waals surface area contributed by atoms with E-state index in [2.05, 4.69) is 4.90 Å². The van der Waals surface area contributed by atoms with Gasteiger partial charge in [0.2, 0.25) is 0 Å². The maximum absolute atomic E-state index is 12.9. The van der Waals surface area contributed by atoms with Gasteiger partial charge >= 0.3 is 6.18 Å². The van der Waals surface area contributed by atoms with Gasteiger partial charge in [-0.05, 0) is 31.5 Å². The zero-order chi connectivity index (χ0) is 20.5. The van der Waals surface area contributed by atoms with Gasteiger partial charge in [-0.25, -0.2) is 0 Å². The van der Waals surface area contributed by atoms with Gasteiger partial charge in [0.1, 0.15) is 0 Å². The smallest absolute Gasteiger partial charge is 0.373 e. The highest BCUT2D eigenvalue weighted by atomic mass is 32.2. The number of benzene rings is 1. The first-order valence-corrected chi connectivity index (χ1v) is 10.7. The van der Waals surface area contributed by atoms with Crippen LogP contribution in [0.2, 0.25) is 0 Å². The van der Waals surface area contributed by atoms with Gasteiger partial charge in [-0.2, -0.15) is 30.2 Å². The molecule has 0 saturated carbocycles. The summed E-state index contributed by atoms with van der Waals surface area (Å²) in [5.41, 5.74) is 0.112. The molecule has 2 aliphatic rings. The third-order valence-corrected chi connectivity index (χ3v) is 7.03. The summed E-state index contributed by atoms with van der Waals surface area (Å²) in [5.74, 6) is 0. The Morgan fingerprint density at radius 1 is 0.964 bits per heavy atom. The van der Waals surface area contributed by atoms with E-state index in [1.807, 2.05) is 13.8 Å². The number of morpholine rings is 1. The molecule has 28 heavy (non-hydrogen) atoms. The fourth-order valence-electron chi connectivity index (χ4n) is 3.66.